The number of benzene rings is 2. The van der Waals surface area contributed by atoms with Crippen LogP contribution >= 0.6 is 0 Å². The van der Waals surface area contributed by atoms with Crippen molar-refractivity contribution < 1.29 is 19.4 Å². The van der Waals surface area contributed by atoms with Crippen molar-refractivity contribution in [2.45, 2.75) is 38.2 Å². The average Bonchev–Trinajstić information content (AvgIpc) is 2.65. The van der Waals surface area contributed by atoms with Gasteiger partial charge in [0.15, 0.2) is 0 Å². The molecular weight excluding hydrogens is 330 g/mol. The number of carbonyl (C=O) groups excluding carboxylic acids is 1. The molecule has 1 aliphatic rings. The molecule has 1 aliphatic heterocycles. The lowest BCUT2D eigenvalue weighted by Crippen LogP contribution is -2.36. The largest absolute Gasteiger partial charge is 0.481 e. The predicted molar refractivity (Wildman–Crippen MR) is 100.0 cm³/mol. The maximum absolute atomic E-state index is 12.1. The fourth-order valence-corrected chi connectivity index (χ4v) is 3.38. The summed E-state index contributed by atoms with van der Waals surface area (Å²) in [6, 6.07) is 14.0. The number of nitrogens with one attached hydrogen (secondary N) is 1. The number of fused-ring (bicyclic) bond motifs is 1. The number of aliphatic carboxylic acids is 1. The average molecular weight is 355 g/mol. The van der Waals surface area contributed by atoms with Gasteiger partial charge in [0, 0.05) is 13.2 Å². The van der Waals surface area contributed by atoms with E-state index in [1.807, 2.05) is 42.5 Å². The zero-order chi connectivity index (χ0) is 18.4. The standard InChI is InChI=1S/C21H25NO4/c23-20(13-19-7-3-4-10-26-19)22-14-18(21(24)25)12-15-8-9-16-5-1-2-6-17(16)11-15/h1-2,5-6,8-9,11,18-19H,3-4,7,10,12-14H2,(H,22,23)(H,24,25). The van der Waals surface area contributed by atoms with Crippen LogP contribution in [-0.4, -0.2) is 36.2 Å². The topological polar surface area (TPSA) is 75.6 Å². The van der Waals surface area contributed by atoms with Crippen molar-refractivity contribution in [3.05, 3.63) is 48.0 Å². The number of ether oxygens (including phenoxy) is 1. The minimum Gasteiger partial charge on any atom is -0.481 e. The zero-order valence-corrected chi connectivity index (χ0v) is 14.8. The third-order valence-corrected chi connectivity index (χ3v) is 4.88. The molecule has 5 heteroatoms. The number of rotatable bonds is 7. The summed E-state index contributed by atoms with van der Waals surface area (Å²) >= 11 is 0. The highest BCUT2D eigenvalue weighted by atomic mass is 16.5. The summed E-state index contributed by atoms with van der Waals surface area (Å²) in [5, 5.41) is 14.5. The van der Waals surface area contributed by atoms with Gasteiger partial charge in [0.2, 0.25) is 5.91 Å². The monoisotopic (exact) mass is 355 g/mol. The van der Waals surface area contributed by atoms with Crippen LogP contribution in [0.1, 0.15) is 31.2 Å². The number of carbonyl (C=O) groups is 2. The lowest BCUT2D eigenvalue weighted by atomic mass is 9.97. The second-order valence-electron chi connectivity index (χ2n) is 6.92. The van der Waals surface area contributed by atoms with E-state index in [1.165, 1.54) is 0 Å². The van der Waals surface area contributed by atoms with E-state index < -0.39 is 11.9 Å². The van der Waals surface area contributed by atoms with Gasteiger partial charge in [0.1, 0.15) is 0 Å². The van der Waals surface area contributed by atoms with Crippen LogP contribution in [0.2, 0.25) is 0 Å². The highest BCUT2D eigenvalue weighted by Crippen LogP contribution is 2.19. The van der Waals surface area contributed by atoms with E-state index in [2.05, 4.69) is 5.32 Å². The van der Waals surface area contributed by atoms with Gasteiger partial charge >= 0.3 is 5.97 Å². The highest BCUT2D eigenvalue weighted by molar-refractivity contribution is 5.83. The number of carboxylic acids is 1. The van der Waals surface area contributed by atoms with Crippen molar-refractivity contribution in [2.75, 3.05) is 13.2 Å². The molecule has 3 rings (SSSR count). The molecule has 0 radical (unpaired) electrons. The van der Waals surface area contributed by atoms with Gasteiger partial charge in [-0.1, -0.05) is 42.5 Å². The van der Waals surface area contributed by atoms with E-state index in [-0.39, 0.29) is 18.6 Å². The van der Waals surface area contributed by atoms with Crippen LogP contribution < -0.4 is 5.32 Å². The van der Waals surface area contributed by atoms with Crippen molar-refractivity contribution in [1.29, 1.82) is 0 Å². The van der Waals surface area contributed by atoms with E-state index in [0.717, 1.165) is 35.6 Å². The smallest absolute Gasteiger partial charge is 0.308 e. The molecule has 0 aliphatic carbocycles. The summed E-state index contributed by atoms with van der Waals surface area (Å²) in [5.41, 5.74) is 0.959. The summed E-state index contributed by atoms with van der Waals surface area (Å²) in [7, 11) is 0. The van der Waals surface area contributed by atoms with Crippen LogP contribution in [0.25, 0.3) is 10.8 Å². The lowest BCUT2D eigenvalue weighted by molar-refractivity contribution is -0.141. The zero-order valence-electron chi connectivity index (χ0n) is 14.8. The molecule has 0 aromatic heterocycles. The van der Waals surface area contributed by atoms with Crippen LogP contribution in [0.3, 0.4) is 0 Å². The molecular formula is C21H25NO4. The normalized spacial score (nSPS) is 18.4. The first-order chi connectivity index (χ1) is 12.6. The van der Waals surface area contributed by atoms with Gasteiger partial charge in [-0.15, -0.1) is 0 Å². The van der Waals surface area contributed by atoms with Crippen molar-refractivity contribution in [2.24, 2.45) is 5.92 Å². The van der Waals surface area contributed by atoms with Crippen molar-refractivity contribution >= 4 is 22.6 Å². The molecule has 1 saturated heterocycles. The molecule has 2 aromatic rings. The van der Waals surface area contributed by atoms with E-state index >= 15 is 0 Å². The second kappa shape index (κ2) is 8.81. The molecule has 0 spiro atoms. The van der Waals surface area contributed by atoms with Gasteiger partial charge in [-0.25, -0.2) is 0 Å². The maximum atomic E-state index is 12.1. The Bertz CT molecular complexity index is 767. The quantitative estimate of drug-likeness (QED) is 0.800. The summed E-state index contributed by atoms with van der Waals surface area (Å²) in [5.74, 6) is -1.68. The van der Waals surface area contributed by atoms with E-state index in [4.69, 9.17) is 4.74 Å². The Morgan fingerprint density at radius 2 is 1.96 bits per heavy atom. The van der Waals surface area contributed by atoms with Crippen LogP contribution in [0, 0.1) is 5.92 Å². The van der Waals surface area contributed by atoms with Crippen LogP contribution in [0.5, 0.6) is 0 Å². The van der Waals surface area contributed by atoms with Crippen LogP contribution in [0.15, 0.2) is 42.5 Å². The van der Waals surface area contributed by atoms with Crippen molar-refractivity contribution in [3.8, 4) is 0 Å². The fourth-order valence-electron chi connectivity index (χ4n) is 3.38. The Hall–Kier alpha value is -2.40. The van der Waals surface area contributed by atoms with Gasteiger partial charge in [0.05, 0.1) is 18.4 Å². The molecule has 5 nitrogen and oxygen atoms in total. The number of amides is 1. The second-order valence-corrected chi connectivity index (χ2v) is 6.92. The lowest BCUT2D eigenvalue weighted by Gasteiger charge is -2.22. The van der Waals surface area contributed by atoms with E-state index in [1.54, 1.807) is 0 Å². The van der Waals surface area contributed by atoms with Crippen molar-refractivity contribution in [1.82, 2.24) is 5.32 Å². The summed E-state index contributed by atoms with van der Waals surface area (Å²) in [4.78, 5) is 23.7. The van der Waals surface area contributed by atoms with E-state index in [9.17, 15) is 14.7 Å². The molecule has 2 aromatic carbocycles. The Morgan fingerprint density at radius 1 is 1.15 bits per heavy atom. The van der Waals surface area contributed by atoms with Gasteiger partial charge < -0.3 is 15.2 Å². The minimum atomic E-state index is -0.896. The first-order valence-corrected chi connectivity index (χ1v) is 9.20. The third kappa shape index (κ3) is 5.05. The molecule has 2 atom stereocenters. The minimum absolute atomic E-state index is 0.0347. The third-order valence-electron chi connectivity index (χ3n) is 4.88. The molecule has 1 heterocycles. The first kappa shape index (κ1) is 18.4. The Morgan fingerprint density at radius 3 is 2.69 bits per heavy atom. The van der Waals surface area contributed by atoms with Gasteiger partial charge in [-0.3, -0.25) is 9.59 Å². The molecule has 0 saturated carbocycles. The Balaban J connectivity index is 1.56. The Kier molecular flexibility index (Phi) is 6.23. The number of carboxylic acid groups (broad SMARTS) is 1. The highest BCUT2D eigenvalue weighted by Gasteiger charge is 2.21. The number of hydrogen-bond acceptors (Lipinski definition) is 3. The van der Waals surface area contributed by atoms with Crippen LogP contribution in [0.4, 0.5) is 0 Å². The fraction of sp³-hybridized carbons (Fsp3) is 0.429. The van der Waals surface area contributed by atoms with Crippen LogP contribution in [-0.2, 0) is 20.7 Å². The van der Waals surface area contributed by atoms with Gasteiger partial charge in [-0.2, -0.15) is 0 Å². The number of hydrogen-bond donors (Lipinski definition) is 2. The molecule has 0 bridgehead atoms. The molecule has 26 heavy (non-hydrogen) atoms. The molecule has 1 amide bonds. The SMILES string of the molecule is O=C(CC1CCCCO1)NCC(Cc1ccc2ccccc2c1)C(=O)O. The molecule has 2 N–H and O–H groups in total. The molecule has 1 fully saturated rings. The first-order valence-electron chi connectivity index (χ1n) is 9.20. The van der Waals surface area contributed by atoms with E-state index in [0.29, 0.717) is 19.4 Å². The summed E-state index contributed by atoms with van der Waals surface area (Å²) in [6.07, 6.45) is 3.69. The van der Waals surface area contributed by atoms with Crippen molar-refractivity contribution in [3.63, 3.8) is 0 Å². The predicted octanol–water partition coefficient (Wildman–Crippen LogP) is 3.16. The molecule has 2 unspecified atom stereocenters. The molecule has 138 valence electrons. The maximum Gasteiger partial charge on any atom is 0.308 e. The summed E-state index contributed by atoms with van der Waals surface area (Å²) < 4.78 is 5.56. The van der Waals surface area contributed by atoms with Gasteiger partial charge in [0.25, 0.3) is 0 Å². The summed E-state index contributed by atoms with van der Waals surface area (Å²) in [6.45, 7) is 0.839. The Labute approximate surface area is 153 Å². The van der Waals surface area contributed by atoms with Gasteiger partial charge in [-0.05, 0) is 42.0 Å².